The van der Waals surface area contributed by atoms with Crippen molar-refractivity contribution < 1.29 is 8.85 Å². The Bertz CT molecular complexity index is 201. The van der Waals surface area contributed by atoms with Gasteiger partial charge in [-0.15, -0.1) is 0 Å². The van der Waals surface area contributed by atoms with E-state index >= 15 is 0 Å². The molecule has 0 radical (unpaired) electrons. The number of nitriles is 1. The molecule has 1 N–H and O–H groups in total. The maximum atomic E-state index is 8.37. The average Bonchev–Trinajstić information content (AvgIpc) is 2.24. The molecule has 0 spiro atoms. The summed E-state index contributed by atoms with van der Waals surface area (Å²) in [5, 5.41) is 11.6. The number of nitrogens with one attached hydrogen (secondary N) is 1. The molecular weight excluding hydrogens is 220 g/mol. The third-order valence-corrected chi connectivity index (χ3v) is 5.36. The van der Waals surface area contributed by atoms with E-state index in [2.05, 4.69) is 17.9 Å². The maximum absolute atomic E-state index is 8.37. The molecule has 0 rings (SSSR count). The summed E-state index contributed by atoms with van der Waals surface area (Å²) >= 11 is 0. The highest BCUT2D eigenvalue weighted by Gasteiger charge is 2.29. The van der Waals surface area contributed by atoms with Crippen molar-refractivity contribution in [3.8, 4) is 6.07 Å². The number of hydrogen-bond acceptors (Lipinski definition) is 4. The Balaban J connectivity index is 3.64. The summed E-state index contributed by atoms with van der Waals surface area (Å²) in [5.74, 6) is 0. The van der Waals surface area contributed by atoms with Gasteiger partial charge in [0.1, 0.15) is 0 Å². The van der Waals surface area contributed by atoms with E-state index in [0.29, 0.717) is 6.42 Å². The molecule has 0 aliphatic heterocycles. The quantitative estimate of drug-likeness (QED) is 0.472. The first kappa shape index (κ1) is 15.6. The number of rotatable bonds is 10. The fourth-order valence-electron chi connectivity index (χ4n) is 1.60. The van der Waals surface area contributed by atoms with Gasteiger partial charge in [-0.25, -0.2) is 0 Å². The van der Waals surface area contributed by atoms with Crippen LogP contribution in [0, 0.1) is 11.3 Å². The molecule has 0 aromatic rings. The lowest BCUT2D eigenvalue weighted by Gasteiger charge is -2.25. The van der Waals surface area contributed by atoms with Crippen molar-refractivity contribution in [2.45, 2.75) is 39.3 Å². The Morgan fingerprint density at radius 3 is 2.31 bits per heavy atom. The molecule has 0 fully saturated rings. The smallest absolute Gasteiger partial charge is 0.334 e. The highest BCUT2D eigenvalue weighted by Crippen LogP contribution is 2.15. The van der Waals surface area contributed by atoms with Crippen LogP contribution >= 0.6 is 0 Å². The van der Waals surface area contributed by atoms with E-state index in [0.717, 1.165) is 38.8 Å². The SMILES string of the molecule is CCO[Si](C)(CCCNCCC#N)OCC. The topological polar surface area (TPSA) is 54.3 Å². The van der Waals surface area contributed by atoms with Gasteiger partial charge in [-0.05, 0) is 39.4 Å². The molecule has 0 heterocycles. The zero-order valence-corrected chi connectivity index (χ0v) is 11.7. The first-order valence-corrected chi connectivity index (χ1v) is 8.56. The van der Waals surface area contributed by atoms with Crippen molar-refractivity contribution in [2.24, 2.45) is 0 Å². The first-order chi connectivity index (χ1) is 7.68. The Hall–Kier alpha value is -0.413. The summed E-state index contributed by atoms with van der Waals surface area (Å²) in [4.78, 5) is 0. The van der Waals surface area contributed by atoms with Crippen molar-refractivity contribution in [1.82, 2.24) is 5.32 Å². The Morgan fingerprint density at radius 2 is 1.81 bits per heavy atom. The van der Waals surface area contributed by atoms with E-state index in [4.69, 9.17) is 14.1 Å². The summed E-state index contributed by atoms with van der Waals surface area (Å²) in [6.45, 7) is 9.30. The highest BCUT2D eigenvalue weighted by atomic mass is 28.4. The van der Waals surface area contributed by atoms with Crippen LogP contribution in [0.4, 0.5) is 0 Å². The minimum atomic E-state index is -1.92. The Morgan fingerprint density at radius 1 is 1.19 bits per heavy atom. The molecule has 94 valence electrons. The highest BCUT2D eigenvalue weighted by molar-refractivity contribution is 6.66. The molecule has 0 aliphatic rings. The monoisotopic (exact) mass is 244 g/mol. The molecule has 0 aromatic carbocycles. The zero-order chi connectivity index (χ0) is 12.3. The predicted molar refractivity (Wildman–Crippen MR) is 67.4 cm³/mol. The second-order valence-electron chi connectivity index (χ2n) is 3.76. The Labute approximate surface area is 100 Å². The largest absolute Gasteiger partial charge is 0.395 e. The second kappa shape index (κ2) is 9.79. The lowest BCUT2D eigenvalue weighted by molar-refractivity contribution is 0.188. The van der Waals surface area contributed by atoms with Crippen LogP contribution in [0.5, 0.6) is 0 Å². The average molecular weight is 244 g/mol. The normalized spacial score (nSPS) is 11.4. The van der Waals surface area contributed by atoms with Gasteiger partial charge in [-0.3, -0.25) is 0 Å². The Kier molecular flexibility index (Phi) is 9.53. The fraction of sp³-hybridized carbons (Fsp3) is 0.909. The third-order valence-electron chi connectivity index (χ3n) is 2.30. The van der Waals surface area contributed by atoms with Crippen LogP contribution in [0.1, 0.15) is 26.7 Å². The second-order valence-corrected chi connectivity index (χ2v) is 7.11. The van der Waals surface area contributed by atoms with Crippen LogP contribution in [0.25, 0.3) is 0 Å². The minimum absolute atomic E-state index is 0.575. The van der Waals surface area contributed by atoms with Gasteiger partial charge in [0.2, 0.25) is 0 Å². The van der Waals surface area contributed by atoms with Crippen LogP contribution in [-0.2, 0) is 8.85 Å². The van der Waals surface area contributed by atoms with Gasteiger partial charge < -0.3 is 14.2 Å². The van der Waals surface area contributed by atoms with Crippen LogP contribution in [0.3, 0.4) is 0 Å². The van der Waals surface area contributed by atoms with Gasteiger partial charge in [0.05, 0.1) is 6.07 Å². The molecule has 0 saturated heterocycles. The van der Waals surface area contributed by atoms with E-state index in [1.807, 2.05) is 13.8 Å². The molecule has 0 aromatic heterocycles. The van der Waals surface area contributed by atoms with Crippen LogP contribution in [0.15, 0.2) is 0 Å². The summed E-state index contributed by atoms with van der Waals surface area (Å²) < 4.78 is 11.5. The molecule has 5 heteroatoms. The van der Waals surface area contributed by atoms with E-state index in [1.165, 1.54) is 0 Å². The van der Waals surface area contributed by atoms with Crippen molar-refractivity contribution in [3.05, 3.63) is 0 Å². The predicted octanol–water partition coefficient (Wildman–Crippen LogP) is 2.02. The fourth-order valence-corrected chi connectivity index (χ4v) is 4.01. The van der Waals surface area contributed by atoms with E-state index in [1.54, 1.807) is 0 Å². The van der Waals surface area contributed by atoms with Gasteiger partial charge in [0, 0.05) is 26.2 Å². The van der Waals surface area contributed by atoms with Crippen LogP contribution in [-0.4, -0.2) is 34.9 Å². The number of hydrogen-bond donors (Lipinski definition) is 1. The number of nitrogens with zero attached hydrogens (tertiary/aromatic N) is 1. The molecule has 0 aliphatic carbocycles. The van der Waals surface area contributed by atoms with Gasteiger partial charge in [-0.2, -0.15) is 5.26 Å². The van der Waals surface area contributed by atoms with Gasteiger partial charge in [0.25, 0.3) is 0 Å². The standard InChI is InChI=1S/C11H24N2O2Si/c1-4-14-16(3,15-5-2)11-7-10-13-9-6-8-12/h13H,4-7,9-11H2,1-3H3. The van der Waals surface area contributed by atoms with E-state index < -0.39 is 8.56 Å². The first-order valence-electron chi connectivity index (χ1n) is 6.04. The maximum Gasteiger partial charge on any atom is 0.334 e. The lowest BCUT2D eigenvalue weighted by atomic mass is 10.4. The summed E-state index contributed by atoms with van der Waals surface area (Å²) in [5.41, 5.74) is 0. The van der Waals surface area contributed by atoms with Crippen LogP contribution in [0.2, 0.25) is 12.6 Å². The summed E-state index contributed by atoms with van der Waals surface area (Å²) in [7, 11) is -1.92. The molecule has 4 nitrogen and oxygen atoms in total. The molecular formula is C11H24N2O2Si. The van der Waals surface area contributed by atoms with Crippen molar-refractivity contribution >= 4 is 8.56 Å². The van der Waals surface area contributed by atoms with Crippen molar-refractivity contribution in [1.29, 1.82) is 5.26 Å². The van der Waals surface area contributed by atoms with Gasteiger partial charge in [0.15, 0.2) is 0 Å². The van der Waals surface area contributed by atoms with Crippen molar-refractivity contribution in [2.75, 3.05) is 26.3 Å². The summed E-state index contributed by atoms with van der Waals surface area (Å²) in [6.07, 6.45) is 1.62. The molecule has 0 saturated carbocycles. The van der Waals surface area contributed by atoms with Crippen molar-refractivity contribution in [3.63, 3.8) is 0 Å². The van der Waals surface area contributed by atoms with Gasteiger partial charge in [-0.1, -0.05) is 0 Å². The lowest BCUT2D eigenvalue weighted by Crippen LogP contribution is -2.39. The molecule has 16 heavy (non-hydrogen) atoms. The van der Waals surface area contributed by atoms with E-state index in [9.17, 15) is 0 Å². The molecule has 0 amide bonds. The molecule has 0 bridgehead atoms. The molecule has 0 atom stereocenters. The minimum Gasteiger partial charge on any atom is -0.395 e. The van der Waals surface area contributed by atoms with E-state index in [-0.39, 0.29) is 0 Å². The zero-order valence-electron chi connectivity index (χ0n) is 10.7. The van der Waals surface area contributed by atoms with Gasteiger partial charge >= 0.3 is 8.56 Å². The third kappa shape index (κ3) is 7.82. The summed E-state index contributed by atoms with van der Waals surface area (Å²) in [6, 6.07) is 3.12. The molecule has 0 unspecified atom stereocenters. The van der Waals surface area contributed by atoms with Crippen LogP contribution < -0.4 is 5.32 Å².